The maximum Gasteiger partial charge on any atom is 0.0314 e. The van der Waals surface area contributed by atoms with Crippen molar-refractivity contribution in [2.75, 3.05) is 11.5 Å². The highest BCUT2D eigenvalue weighted by Crippen LogP contribution is 2.31. The topological polar surface area (TPSA) is 52.0 Å². The lowest BCUT2D eigenvalue weighted by Gasteiger charge is -2.21. The van der Waals surface area contributed by atoms with E-state index in [2.05, 4.69) is 79.7 Å². The van der Waals surface area contributed by atoms with Gasteiger partial charge >= 0.3 is 0 Å². The number of benzene rings is 4. The third-order valence-electron chi connectivity index (χ3n) is 11.2. The fourth-order valence-corrected chi connectivity index (χ4v) is 7.56. The summed E-state index contributed by atoms with van der Waals surface area (Å²) in [7, 11) is 0. The summed E-state index contributed by atoms with van der Waals surface area (Å²) in [6.07, 6.45) is 15.1. The normalized spacial score (nSPS) is 11.4. The number of unbranched alkanes of at least 4 members (excludes halogenated alkanes) is 7. The molecule has 4 rings (SSSR count). The van der Waals surface area contributed by atoms with Crippen LogP contribution in [-0.2, 0) is 25.7 Å². The van der Waals surface area contributed by atoms with Crippen LogP contribution in [0.3, 0.4) is 0 Å². The predicted molar refractivity (Wildman–Crippen MR) is 202 cm³/mol. The van der Waals surface area contributed by atoms with Crippen LogP contribution < -0.4 is 11.5 Å². The van der Waals surface area contributed by atoms with Crippen molar-refractivity contribution in [1.82, 2.24) is 0 Å². The Labute approximate surface area is 281 Å². The van der Waals surface area contributed by atoms with Gasteiger partial charge in [0.2, 0.25) is 0 Å². The van der Waals surface area contributed by atoms with Gasteiger partial charge in [-0.2, -0.15) is 0 Å². The van der Waals surface area contributed by atoms with E-state index in [-0.39, 0.29) is 0 Å². The van der Waals surface area contributed by atoms with E-state index >= 15 is 0 Å². The molecule has 4 N–H and O–H groups in total. The fourth-order valence-electron chi connectivity index (χ4n) is 7.56. The molecule has 0 unspecified atom stereocenters. The molecule has 0 spiro atoms. The number of hydrogen-bond donors (Lipinski definition) is 2. The maximum absolute atomic E-state index is 5.91. The average molecular weight is 617 g/mol. The highest BCUT2D eigenvalue weighted by molar-refractivity contribution is 5.53. The Bertz CT molecular complexity index is 1430. The van der Waals surface area contributed by atoms with Gasteiger partial charge in [-0.15, -0.1) is 0 Å². The molecule has 0 aliphatic heterocycles. The van der Waals surface area contributed by atoms with E-state index in [0.717, 1.165) is 24.2 Å². The van der Waals surface area contributed by atoms with Crippen molar-refractivity contribution >= 4 is 11.4 Å². The molecule has 2 heteroatoms. The Balaban J connectivity index is 1.18. The predicted octanol–water partition coefficient (Wildman–Crippen LogP) is 11.4. The number of nitrogens with two attached hydrogens (primary N) is 2. The van der Waals surface area contributed by atoms with Crippen molar-refractivity contribution in [1.29, 1.82) is 0 Å². The van der Waals surface area contributed by atoms with Crippen molar-refractivity contribution < 1.29 is 0 Å². The quantitative estimate of drug-likeness (QED) is 0.103. The highest BCUT2D eigenvalue weighted by atomic mass is 14.5. The van der Waals surface area contributed by atoms with E-state index in [1.807, 2.05) is 24.3 Å². The van der Waals surface area contributed by atoms with Gasteiger partial charge in [-0.05, 0) is 196 Å². The number of rotatable bonds is 15. The first-order valence-electron chi connectivity index (χ1n) is 17.8. The van der Waals surface area contributed by atoms with Gasteiger partial charge in [-0.3, -0.25) is 0 Å². The maximum atomic E-state index is 5.91. The van der Waals surface area contributed by atoms with E-state index < -0.39 is 0 Å². The van der Waals surface area contributed by atoms with Gasteiger partial charge < -0.3 is 11.5 Å². The van der Waals surface area contributed by atoms with Crippen LogP contribution in [0.25, 0.3) is 0 Å². The largest absolute Gasteiger partial charge is 0.399 e. The highest BCUT2D eigenvalue weighted by Gasteiger charge is 2.16. The van der Waals surface area contributed by atoms with Crippen molar-refractivity contribution in [2.45, 2.75) is 132 Å². The van der Waals surface area contributed by atoms with E-state index in [1.54, 1.807) is 11.1 Å². The lowest BCUT2D eigenvalue weighted by Crippen LogP contribution is -2.06. The summed E-state index contributed by atoms with van der Waals surface area (Å²) >= 11 is 0. The minimum Gasteiger partial charge on any atom is -0.399 e. The van der Waals surface area contributed by atoms with Crippen molar-refractivity contribution in [3.63, 3.8) is 0 Å². The summed E-state index contributed by atoms with van der Waals surface area (Å²) in [6.45, 7) is 18.6. The Hall–Kier alpha value is -3.52. The monoisotopic (exact) mass is 616 g/mol. The van der Waals surface area contributed by atoms with E-state index in [0.29, 0.717) is 0 Å². The van der Waals surface area contributed by atoms with Crippen molar-refractivity contribution in [3.8, 4) is 0 Å². The zero-order valence-corrected chi connectivity index (χ0v) is 30.3. The van der Waals surface area contributed by atoms with Crippen LogP contribution in [0.5, 0.6) is 0 Å². The van der Waals surface area contributed by atoms with Gasteiger partial charge in [-0.25, -0.2) is 0 Å². The summed E-state index contributed by atoms with van der Waals surface area (Å²) in [4.78, 5) is 0. The summed E-state index contributed by atoms with van der Waals surface area (Å²) in [5.74, 6) is 0. The molecule has 4 aromatic carbocycles. The molecule has 0 aromatic heterocycles. The molecular weight excluding hydrogens is 556 g/mol. The minimum absolute atomic E-state index is 0.833. The smallest absolute Gasteiger partial charge is 0.0314 e. The van der Waals surface area contributed by atoms with Crippen molar-refractivity contribution in [3.05, 3.63) is 126 Å². The molecule has 0 radical (unpaired) electrons. The number of anilines is 2. The molecule has 0 heterocycles. The first kappa shape index (κ1) is 35.3. The van der Waals surface area contributed by atoms with Crippen LogP contribution in [-0.4, -0.2) is 0 Å². The van der Waals surface area contributed by atoms with E-state index in [9.17, 15) is 0 Å². The van der Waals surface area contributed by atoms with Gasteiger partial charge in [0.1, 0.15) is 0 Å². The van der Waals surface area contributed by atoms with Gasteiger partial charge in [0.05, 0.1) is 0 Å². The second kappa shape index (κ2) is 16.3. The van der Waals surface area contributed by atoms with Gasteiger partial charge in [0.25, 0.3) is 0 Å². The zero-order valence-electron chi connectivity index (χ0n) is 30.3. The molecule has 0 fully saturated rings. The second-order valence-electron chi connectivity index (χ2n) is 14.1. The first-order chi connectivity index (χ1) is 22.0. The Morgan fingerprint density at radius 1 is 0.326 bits per heavy atom. The van der Waals surface area contributed by atoms with Crippen LogP contribution in [0.2, 0.25) is 0 Å². The lowest BCUT2D eigenvalue weighted by molar-refractivity contribution is 0.566. The first-order valence-corrected chi connectivity index (χ1v) is 17.8. The molecule has 0 atom stereocenters. The van der Waals surface area contributed by atoms with Crippen LogP contribution in [0.15, 0.2) is 48.5 Å². The molecule has 0 aliphatic carbocycles. The standard InChI is InChI=1S/C44H60N2/c1-29-33(5)43(27-37-19-23-39(45)24-20-37)34(6)30(2)41(29)17-15-13-11-9-10-12-14-16-18-42-31(3)35(7)44(36(8)32(42)4)28-38-21-25-40(46)26-22-38/h19-26H,9-18,27-28,45-46H2,1-8H3. The van der Waals surface area contributed by atoms with Crippen LogP contribution in [0.1, 0.15) is 129 Å². The molecule has 4 aromatic rings. The van der Waals surface area contributed by atoms with E-state index in [1.165, 1.54) is 131 Å². The average Bonchev–Trinajstić information content (AvgIpc) is 3.05. The summed E-state index contributed by atoms with van der Waals surface area (Å²) < 4.78 is 0. The third kappa shape index (κ3) is 8.64. The second-order valence-corrected chi connectivity index (χ2v) is 14.1. The van der Waals surface area contributed by atoms with Crippen LogP contribution in [0.4, 0.5) is 11.4 Å². The van der Waals surface area contributed by atoms with Crippen molar-refractivity contribution in [2.24, 2.45) is 0 Å². The zero-order chi connectivity index (χ0) is 33.4. The molecular formula is C44H60N2. The molecule has 0 saturated heterocycles. The lowest BCUT2D eigenvalue weighted by atomic mass is 9.84. The summed E-state index contributed by atoms with van der Waals surface area (Å²) in [6, 6.07) is 16.7. The molecule has 0 saturated carbocycles. The molecule has 0 aliphatic rings. The fraction of sp³-hybridized carbons (Fsp3) is 0.455. The minimum atomic E-state index is 0.833. The number of hydrogen-bond acceptors (Lipinski definition) is 2. The third-order valence-corrected chi connectivity index (χ3v) is 11.2. The molecule has 46 heavy (non-hydrogen) atoms. The Morgan fingerprint density at radius 2 is 0.565 bits per heavy atom. The molecule has 0 amide bonds. The molecule has 0 bridgehead atoms. The Morgan fingerprint density at radius 3 is 0.848 bits per heavy atom. The number of nitrogen functional groups attached to an aromatic ring is 2. The van der Waals surface area contributed by atoms with Crippen LogP contribution >= 0.6 is 0 Å². The molecule has 2 nitrogen and oxygen atoms in total. The molecule has 246 valence electrons. The Kier molecular flexibility index (Phi) is 12.6. The van der Waals surface area contributed by atoms with Gasteiger partial charge in [0, 0.05) is 11.4 Å². The van der Waals surface area contributed by atoms with Gasteiger partial charge in [-0.1, -0.05) is 62.8 Å². The summed E-state index contributed by atoms with van der Waals surface area (Å²) in [5, 5.41) is 0. The van der Waals surface area contributed by atoms with Gasteiger partial charge in [0.15, 0.2) is 0 Å². The SMILES string of the molecule is Cc1c(C)c(Cc2ccc(N)cc2)c(C)c(C)c1CCCCCCCCCCc1c(C)c(C)c(Cc2ccc(N)cc2)c(C)c1C. The van der Waals surface area contributed by atoms with Crippen LogP contribution in [0, 0.1) is 55.4 Å². The summed E-state index contributed by atoms with van der Waals surface area (Å²) in [5.41, 5.74) is 34.2. The van der Waals surface area contributed by atoms with E-state index in [4.69, 9.17) is 11.5 Å².